The van der Waals surface area contributed by atoms with Gasteiger partial charge in [-0.2, -0.15) is 0 Å². The lowest BCUT2D eigenvalue weighted by Gasteiger charge is -2.35. The maximum absolute atomic E-state index is 6.53. The second-order valence-corrected chi connectivity index (χ2v) is 8.43. The van der Waals surface area contributed by atoms with Crippen molar-refractivity contribution in [1.29, 1.82) is 0 Å². The number of hydrogen-bond donors (Lipinski definition) is 1. The van der Waals surface area contributed by atoms with E-state index in [0.717, 1.165) is 17.9 Å². The molecule has 0 saturated heterocycles. The molecule has 20 heavy (non-hydrogen) atoms. The van der Waals surface area contributed by atoms with Gasteiger partial charge in [0.2, 0.25) is 0 Å². The molecule has 2 unspecified atom stereocenters. The Morgan fingerprint density at radius 3 is 2.30 bits per heavy atom. The summed E-state index contributed by atoms with van der Waals surface area (Å²) < 4.78 is 0. The molecule has 0 aromatic heterocycles. The van der Waals surface area contributed by atoms with Gasteiger partial charge >= 0.3 is 0 Å². The van der Waals surface area contributed by atoms with E-state index in [1.54, 1.807) is 0 Å². The molecule has 0 bridgehead atoms. The molecule has 0 radical (unpaired) electrons. The van der Waals surface area contributed by atoms with Crippen LogP contribution >= 0.6 is 0 Å². The van der Waals surface area contributed by atoms with Crippen LogP contribution in [-0.2, 0) is 0 Å². The second-order valence-electron chi connectivity index (χ2n) is 8.43. The van der Waals surface area contributed by atoms with E-state index < -0.39 is 0 Å². The largest absolute Gasteiger partial charge is 0.327 e. The van der Waals surface area contributed by atoms with E-state index in [9.17, 15) is 0 Å². The monoisotopic (exact) mass is 280 g/mol. The van der Waals surface area contributed by atoms with E-state index in [2.05, 4.69) is 32.6 Å². The van der Waals surface area contributed by atoms with Crippen molar-refractivity contribution in [2.75, 3.05) is 13.1 Å². The molecule has 2 saturated carbocycles. The highest BCUT2D eigenvalue weighted by Crippen LogP contribution is 2.41. The molecule has 0 spiro atoms. The molecule has 0 aliphatic heterocycles. The summed E-state index contributed by atoms with van der Waals surface area (Å²) in [6.45, 7) is 11.9. The quantitative estimate of drug-likeness (QED) is 0.795. The first kappa shape index (κ1) is 16.3. The minimum absolute atomic E-state index is 0.351. The Labute approximate surface area is 126 Å². The van der Waals surface area contributed by atoms with Crippen LogP contribution in [-0.4, -0.2) is 30.1 Å². The molecule has 2 fully saturated rings. The summed E-state index contributed by atoms with van der Waals surface area (Å²) in [6.07, 6.45) is 9.69. The summed E-state index contributed by atoms with van der Waals surface area (Å²) in [7, 11) is 0. The zero-order valence-corrected chi connectivity index (χ0v) is 14.2. The summed E-state index contributed by atoms with van der Waals surface area (Å²) in [6, 6.07) is 1.25. The van der Waals surface area contributed by atoms with E-state index in [4.69, 9.17) is 5.73 Å². The molecule has 0 aromatic carbocycles. The van der Waals surface area contributed by atoms with E-state index in [1.807, 2.05) is 0 Å². The number of nitrogens with two attached hydrogens (primary N) is 1. The Morgan fingerprint density at radius 2 is 1.80 bits per heavy atom. The van der Waals surface area contributed by atoms with Gasteiger partial charge in [-0.3, -0.25) is 0 Å². The van der Waals surface area contributed by atoms with Crippen LogP contribution in [0.1, 0.15) is 72.6 Å². The van der Waals surface area contributed by atoms with Gasteiger partial charge in [0.15, 0.2) is 0 Å². The molecule has 2 rings (SSSR count). The van der Waals surface area contributed by atoms with Crippen molar-refractivity contribution in [3.8, 4) is 0 Å². The second kappa shape index (κ2) is 6.79. The molecule has 2 atom stereocenters. The highest BCUT2D eigenvalue weighted by Gasteiger charge is 2.40. The minimum atomic E-state index is 0.351. The predicted molar refractivity (Wildman–Crippen MR) is 87.8 cm³/mol. The molecule has 0 aromatic rings. The normalized spacial score (nSPS) is 30.8. The Balaban J connectivity index is 1.93. The first-order valence-corrected chi connectivity index (χ1v) is 8.90. The van der Waals surface area contributed by atoms with Crippen molar-refractivity contribution in [1.82, 2.24) is 4.90 Å². The van der Waals surface area contributed by atoms with Crippen LogP contribution < -0.4 is 5.73 Å². The van der Waals surface area contributed by atoms with Gasteiger partial charge in [-0.25, -0.2) is 0 Å². The lowest BCUT2D eigenvalue weighted by Crippen LogP contribution is -2.45. The van der Waals surface area contributed by atoms with Gasteiger partial charge in [0, 0.05) is 18.6 Å². The Bertz CT molecular complexity index is 292. The fourth-order valence-electron chi connectivity index (χ4n) is 4.16. The first-order chi connectivity index (χ1) is 9.40. The molecule has 2 nitrogen and oxygen atoms in total. The van der Waals surface area contributed by atoms with E-state index in [-0.39, 0.29) is 0 Å². The maximum Gasteiger partial charge on any atom is 0.0131 e. The molecule has 118 valence electrons. The average Bonchev–Trinajstić information content (AvgIpc) is 2.97. The zero-order chi connectivity index (χ0) is 14.8. The number of nitrogens with zero attached hydrogens (tertiary/aromatic N) is 1. The predicted octanol–water partition coefficient (Wildman–Crippen LogP) is 4.04. The van der Waals surface area contributed by atoms with Crippen LogP contribution in [0.25, 0.3) is 0 Å². The average molecular weight is 281 g/mol. The van der Waals surface area contributed by atoms with Crippen molar-refractivity contribution >= 4 is 0 Å². The summed E-state index contributed by atoms with van der Waals surface area (Å²) in [4.78, 5) is 2.80. The van der Waals surface area contributed by atoms with Crippen LogP contribution in [0.5, 0.6) is 0 Å². The van der Waals surface area contributed by atoms with Crippen molar-refractivity contribution in [3.05, 3.63) is 0 Å². The summed E-state index contributed by atoms with van der Waals surface area (Å²) in [5.41, 5.74) is 6.88. The lowest BCUT2D eigenvalue weighted by molar-refractivity contribution is 0.147. The SMILES string of the molecule is CC(C)CCN(CC1CCC(C)(C)C1N)C1CCCC1. The van der Waals surface area contributed by atoms with Crippen molar-refractivity contribution in [2.45, 2.75) is 84.7 Å². The van der Waals surface area contributed by atoms with E-state index in [1.165, 1.54) is 58.0 Å². The maximum atomic E-state index is 6.53. The Hall–Kier alpha value is -0.0800. The molecule has 0 heterocycles. The fourth-order valence-corrected chi connectivity index (χ4v) is 4.16. The summed E-state index contributed by atoms with van der Waals surface area (Å²) >= 11 is 0. The lowest BCUT2D eigenvalue weighted by atomic mass is 9.85. The van der Waals surface area contributed by atoms with Gasteiger partial charge in [0.25, 0.3) is 0 Å². The number of rotatable bonds is 6. The van der Waals surface area contributed by atoms with E-state index in [0.29, 0.717) is 11.5 Å². The van der Waals surface area contributed by atoms with Crippen molar-refractivity contribution in [2.24, 2.45) is 23.0 Å². The first-order valence-electron chi connectivity index (χ1n) is 8.90. The van der Waals surface area contributed by atoms with Crippen LogP contribution in [0.2, 0.25) is 0 Å². The number of hydrogen-bond acceptors (Lipinski definition) is 2. The van der Waals surface area contributed by atoms with Crippen LogP contribution in [0.15, 0.2) is 0 Å². The molecule has 0 amide bonds. The fraction of sp³-hybridized carbons (Fsp3) is 1.00. The zero-order valence-electron chi connectivity index (χ0n) is 14.2. The highest BCUT2D eigenvalue weighted by molar-refractivity contribution is 4.96. The third-order valence-electron chi connectivity index (χ3n) is 5.87. The molecule has 2 heteroatoms. The van der Waals surface area contributed by atoms with Crippen LogP contribution in [0.3, 0.4) is 0 Å². The molecule has 2 aliphatic carbocycles. The molecular weight excluding hydrogens is 244 g/mol. The third-order valence-corrected chi connectivity index (χ3v) is 5.87. The van der Waals surface area contributed by atoms with Gasteiger partial charge in [0.1, 0.15) is 0 Å². The van der Waals surface area contributed by atoms with E-state index >= 15 is 0 Å². The summed E-state index contributed by atoms with van der Waals surface area (Å²) in [5, 5.41) is 0. The standard InChI is InChI=1S/C18H36N2/c1-14(2)10-12-20(16-7-5-6-8-16)13-15-9-11-18(3,4)17(15)19/h14-17H,5-13,19H2,1-4H3. The smallest absolute Gasteiger partial charge is 0.0131 e. The van der Waals surface area contributed by atoms with Gasteiger partial charge in [-0.05, 0) is 55.9 Å². The Morgan fingerprint density at radius 1 is 1.15 bits per heavy atom. The van der Waals surface area contributed by atoms with Crippen LogP contribution in [0, 0.1) is 17.3 Å². The van der Waals surface area contributed by atoms with Gasteiger partial charge in [0.05, 0.1) is 0 Å². The topological polar surface area (TPSA) is 29.3 Å². The Kier molecular flexibility index (Phi) is 5.53. The minimum Gasteiger partial charge on any atom is -0.327 e. The van der Waals surface area contributed by atoms with Crippen LogP contribution in [0.4, 0.5) is 0 Å². The van der Waals surface area contributed by atoms with Gasteiger partial charge < -0.3 is 10.6 Å². The summed E-state index contributed by atoms with van der Waals surface area (Å²) in [5.74, 6) is 1.53. The van der Waals surface area contributed by atoms with Gasteiger partial charge in [-0.15, -0.1) is 0 Å². The van der Waals surface area contributed by atoms with Crippen molar-refractivity contribution < 1.29 is 0 Å². The third kappa shape index (κ3) is 3.98. The molecular formula is C18H36N2. The van der Waals surface area contributed by atoms with Gasteiger partial charge in [-0.1, -0.05) is 40.5 Å². The molecule has 2 N–H and O–H groups in total. The molecule has 2 aliphatic rings. The highest BCUT2D eigenvalue weighted by atomic mass is 15.2. The van der Waals surface area contributed by atoms with Crippen molar-refractivity contribution in [3.63, 3.8) is 0 Å².